The number of ether oxygens (including phenoxy) is 4. The van der Waals surface area contributed by atoms with Crippen LogP contribution >= 0.6 is 0 Å². The summed E-state index contributed by atoms with van der Waals surface area (Å²) in [6, 6.07) is -0.757. The Kier molecular flexibility index (Phi) is 17.0. The third-order valence-electron chi connectivity index (χ3n) is 6.65. The van der Waals surface area contributed by atoms with Crippen LogP contribution < -0.4 is 32.7 Å². The van der Waals surface area contributed by atoms with Crippen molar-refractivity contribution in [2.75, 3.05) is 54.1 Å². The number of unbranched alkanes of at least 4 members (excludes halogenated alkanes) is 1. The molecule has 0 bridgehead atoms. The lowest BCUT2D eigenvalue weighted by molar-refractivity contribution is -0.147. The second-order valence-corrected chi connectivity index (χ2v) is 11.4. The van der Waals surface area contributed by atoms with E-state index < -0.39 is 34.6 Å². The third-order valence-corrected chi connectivity index (χ3v) is 6.65. The molecule has 40 heavy (non-hydrogen) atoms. The minimum atomic E-state index is -1.18. The number of nitrogens with two attached hydrogens (primary N) is 2. The van der Waals surface area contributed by atoms with Gasteiger partial charge in [0.05, 0.1) is 13.2 Å². The molecule has 0 spiro atoms. The van der Waals surface area contributed by atoms with Gasteiger partial charge in [-0.3, -0.25) is 14.4 Å². The van der Waals surface area contributed by atoms with Crippen molar-refractivity contribution in [1.82, 2.24) is 21.3 Å². The van der Waals surface area contributed by atoms with Gasteiger partial charge in [0.15, 0.2) is 0 Å². The standard InChI is InChI=1S/C27H56N6O7/c1-24(2,39-18-13-26(5,28)37-8)22(35)32-15-11-10-12-20(21(34)31-17-16-30-7)33-23(36)25(3,4)40-19-14-27(6,29)38-9/h20,30H,10-19,28-29H2,1-9H3,(H,31,34)(H,32,35)(H,33,36). The maximum Gasteiger partial charge on any atom is 0.252 e. The van der Waals surface area contributed by atoms with Crippen LogP contribution in [0.1, 0.15) is 73.6 Å². The molecule has 0 aliphatic heterocycles. The molecule has 0 fully saturated rings. The number of likely N-dealkylation sites (N-methyl/N-ethyl adjacent to an activating group) is 1. The average Bonchev–Trinajstić information content (AvgIpc) is 2.87. The van der Waals surface area contributed by atoms with Crippen LogP contribution in [0.3, 0.4) is 0 Å². The van der Waals surface area contributed by atoms with Crippen LogP contribution in [0.5, 0.6) is 0 Å². The van der Waals surface area contributed by atoms with Gasteiger partial charge in [-0.15, -0.1) is 0 Å². The van der Waals surface area contributed by atoms with Crippen molar-refractivity contribution in [1.29, 1.82) is 0 Å². The van der Waals surface area contributed by atoms with Crippen LogP contribution in [-0.2, 0) is 33.3 Å². The lowest BCUT2D eigenvalue weighted by atomic mass is 10.0. The highest BCUT2D eigenvalue weighted by atomic mass is 16.5. The van der Waals surface area contributed by atoms with E-state index in [9.17, 15) is 14.4 Å². The SMILES string of the molecule is CNCCNC(=O)C(CCCCNC(=O)C(C)(C)OCCC(C)(N)OC)NC(=O)C(C)(C)OCCC(C)(N)OC. The molecule has 0 aliphatic rings. The van der Waals surface area contributed by atoms with Gasteiger partial charge in [0.1, 0.15) is 28.7 Å². The van der Waals surface area contributed by atoms with E-state index in [2.05, 4.69) is 21.3 Å². The number of rotatable bonds is 22. The van der Waals surface area contributed by atoms with Crippen molar-refractivity contribution >= 4 is 17.7 Å². The first kappa shape index (κ1) is 38.1. The van der Waals surface area contributed by atoms with Gasteiger partial charge in [-0.25, -0.2) is 0 Å². The van der Waals surface area contributed by atoms with Crippen LogP contribution in [-0.4, -0.2) is 101 Å². The predicted molar refractivity (Wildman–Crippen MR) is 154 cm³/mol. The van der Waals surface area contributed by atoms with Gasteiger partial charge < -0.3 is 51.7 Å². The normalized spacial score (nSPS) is 16.0. The maximum absolute atomic E-state index is 13.0. The summed E-state index contributed by atoms with van der Waals surface area (Å²) in [4.78, 5) is 38.5. The predicted octanol–water partition coefficient (Wildman–Crippen LogP) is 0.107. The molecule has 13 heteroatoms. The van der Waals surface area contributed by atoms with Gasteiger partial charge in [-0.1, -0.05) is 0 Å². The quantitative estimate of drug-likeness (QED) is 0.0762. The summed E-state index contributed by atoms with van der Waals surface area (Å²) >= 11 is 0. The van der Waals surface area contributed by atoms with E-state index in [4.69, 9.17) is 30.4 Å². The van der Waals surface area contributed by atoms with Crippen LogP contribution in [0.2, 0.25) is 0 Å². The molecule has 3 unspecified atom stereocenters. The molecule has 0 aromatic heterocycles. The molecule has 0 heterocycles. The molecule has 236 valence electrons. The molecule has 3 atom stereocenters. The van der Waals surface area contributed by atoms with Crippen LogP contribution in [0.25, 0.3) is 0 Å². The van der Waals surface area contributed by atoms with Gasteiger partial charge in [0.25, 0.3) is 11.8 Å². The van der Waals surface area contributed by atoms with Gasteiger partial charge in [-0.05, 0) is 67.9 Å². The first-order valence-corrected chi connectivity index (χ1v) is 13.9. The minimum Gasteiger partial charge on any atom is -0.366 e. The Morgan fingerprint density at radius 1 is 0.725 bits per heavy atom. The molecule has 0 aliphatic carbocycles. The molecule has 8 N–H and O–H groups in total. The van der Waals surface area contributed by atoms with Crippen molar-refractivity contribution in [3.05, 3.63) is 0 Å². The van der Waals surface area contributed by atoms with Crippen molar-refractivity contribution in [3.8, 4) is 0 Å². The van der Waals surface area contributed by atoms with Gasteiger partial charge >= 0.3 is 0 Å². The Balaban J connectivity index is 4.87. The fourth-order valence-electron chi connectivity index (χ4n) is 3.28. The second-order valence-electron chi connectivity index (χ2n) is 11.4. The number of hydrogen-bond donors (Lipinski definition) is 6. The zero-order chi connectivity index (χ0) is 31.0. The lowest BCUT2D eigenvalue weighted by Gasteiger charge is -2.29. The Hall–Kier alpha value is -1.87. The molecule has 0 rings (SSSR count). The number of nitrogens with one attached hydrogen (secondary N) is 4. The van der Waals surface area contributed by atoms with E-state index in [0.717, 1.165) is 0 Å². The van der Waals surface area contributed by atoms with E-state index in [0.29, 0.717) is 51.7 Å². The number of amides is 3. The Labute approximate surface area is 240 Å². The minimum absolute atomic E-state index is 0.206. The zero-order valence-corrected chi connectivity index (χ0v) is 26.2. The zero-order valence-electron chi connectivity index (χ0n) is 26.2. The monoisotopic (exact) mass is 576 g/mol. The van der Waals surface area contributed by atoms with E-state index in [-0.39, 0.29) is 25.0 Å². The van der Waals surface area contributed by atoms with Crippen LogP contribution in [0.4, 0.5) is 0 Å². The summed E-state index contributed by atoms with van der Waals surface area (Å²) < 4.78 is 21.9. The van der Waals surface area contributed by atoms with Crippen LogP contribution in [0, 0.1) is 0 Å². The summed E-state index contributed by atoms with van der Waals surface area (Å²) in [5.74, 6) is -0.944. The first-order chi connectivity index (χ1) is 18.4. The largest absolute Gasteiger partial charge is 0.366 e. The van der Waals surface area contributed by atoms with Gasteiger partial charge in [0.2, 0.25) is 5.91 Å². The smallest absolute Gasteiger partial charge is 0.252 e. The summed E-state index contributed by atoms with van der Waals surface area (Å²) in [5, 5.41) is 11.5. The highest BCUT2D eigenvalue weighted by Crippen LogP contribution is 2.16. The first-order valence-electron chi connectivity index (χ1n) is 13.9. The van der Waals surface area contributed by atoms with Crippen LogP contribution in [0.15, 0.2) is 0 Å². The van der Waals surface area contributed by atoms with Crippen molar-refractivity contribution < 1.29 is 33.3 Å². The lowest BCUT2D eigenvalue weighted by Crippen LogP contribution is -2.54. The summed E-state index contributed by atoms with van der Waals surface area (Å²) in [6.07, 6.45) is 2.41. The molecule has 0 aromatic carbocycles. The Morgan fingerprint density at radius 2 is 1.23 bits per heavy atom. The summed E-state index contributed by atoms with van der Waals surface area (Å²) in [7, 11) is 4.82. The number of hydrogen-bond acceptors (Lipinski definition) is 10. The summed E-state index contributed by atoms with van der Waals surface area (Å²) in [5.41, 5.74) is 7.98. The molecule has 0 saturated heterocycles. The van der Waals surface area contributed by atoms with Crippen molar-refractivity contribution in [2.24, 2.45) is 11.5 Å². The van der Waals surface area contributed by atoms with Crippen molar-refractivity contribution in [3.63, 3.8) is 0 Å². The average molecular weight is 577 g/mol. The van der Waals surface area contributed by atoms with E-state index in [1.807, 2.05) is 0 Å². The molecule has 13 nitrogen and oxygen atoms in total. The van der Waals surface area contributed by atoms with E-state index in [1.165, 1.54) is 14.2 Å². The van der Waals surface area contributed by atoms with E-state index >= 15 is 0 Å². The molecule has 3 amide bonds. The fourth-order valence-corrected chi connectivity index (χ4v) is 3.28. The second kappa shape index (κ2) is 17.8. The molecular weight excluding hydrogens is 520 g/mol. The molecule has 0 aromatic rings. The number of carbonyl (C=O) groups is 3. The Morgan fingerprint density at radius 3 is 1.70 bits per heavy atom. The fraction of sp³-hybridized carbons (Fsp3) is 0.889. The van der Waals surface area contributed by atoms with Gasteiger partial charge in [-0.2, -0.15) is 0 Å². The topological polar surface area (TPSA) is 188 Å². The number of carbonyl (C=O) groups excluding carboxylic acids is 3. The Bertz CT molecular complexity index is 774. The summed E-state index contributed by atoms with van der Waals surface area (Å²) in [6.45, 7) is 12.0. The van der Waals surface area contributed by atoms with E-state index in [1.54, 1.807) is 48.6 Å². The molecule has 0 saturated carbocycles. The highest BCUT2D eigenvalue weighted by molar-refractivity contribution is 5.91. The maximum atomic E-state index is 13.0. The molecular formula is C27H56N6O7. The number of methoxy groups -OCH3 is 2. The van der Waals surface area contributed by atoms with Gasteiger partial charge in [0, 0.05) is 46.7 Å². The molecule has 0 radical (unpaired) electrons. The van der Waals surface area contributed by atoms with Crippen molar-refractivity contribution in [2.45, 2.75) is 102 Å². The highest BCUT2D eigenvalue weighted by Gasteiger charge is 2.33. The third kappa shape index (κ3) is 15.8.